The number of amides is 2. The zero-order valence-electron chi connectivity index (χ0n) is 11.9. The van der Waals surface area contributed by atoms with Gasteiger partial charge in [-0.25, -0.2) is 9.78 Å². The molecule has 0 aliphatic rings. The summed E-state index contributed by atoms with van der Waals surface area (Å²) < 4.78 is 2.74. The maximum Gasteiger partial charge on any atom is 0.322 e. The number of hydrogen-bond acceptors (Lipinski definition) is 2. The predicted molar refractivity (Wildman–Crippen MR) is 84.0 cm³/mol. The van der Waals surface area contributed by atoms with Gasteiger partial charge in [-0.15, -0.1) is 0 Å². The second-order valence-electron chi connectivity index (χ2n) is 5.02. The molecule has 0 unspecified atom stereocenters. The predicted octanol–water partition coefficient (Wildman–Crippen LogP) is 3.61. The van der Waals surface area contributed by atoms with Crippen molar-refractivity contribution in [3.8, 4) is 0 Å². The molecule has 2 aromatic heterocycles. The van der Waals surface area contributed by atoms with E-state index < -0.39 is 0 Å². The minimum Gasteiger partial charge on any atom is -0.327 e. The van der Waals surface area contributed by atoms with Gasteiger partial charge in [-0.3, -0.25) is 9.72 Å². The highest BCUT2D eigenvalue weighted by molar-refractivity contribution is 9.10. The Labute approximate surface area is 127 Å². The zero-order chi connectivity index (χ0) is 14.7. The van der Waals surface area contributed by atoms with Crippen molar-refractivity contribution >= 4 is 33.4 Å². The van der Waals surface area contributed by atoms with E-state index in [2.05, 4.69) is 40.1 Å². The second kappa shape index (κ2) is 6.26. The number of pyridine rings is 1. The largest absolute Gasteiger partial charge is 0.327 e. The molecule has 0 spiro atoms. The number of rotatable bonds is 4. The molecule has 0 fully saturated rings. The van der Waals surface area contributed by atoms with Crippen molar-refractivity contribution in [2.45, 2.75) is 20.3 Å². The zero-order valence-corrected chi connectivity index (χ0v) is 13.5. The summed E-state index contributed by atoms with van der Waals surface area (Å²) in [6.07, 6.45) is 4.59. The number of nitrogens with one attached hydrogen (secondary N) is 1. The van der Waals surface area contributed by atoms with Gasteiger partial charge in [0, 0.05) is 19.8 Å². The molecule has 108 valence electrons. The first-order chi connectivity index (χ1) is 9.52. The standard InChI is InChI=1S/C14H19BrN4O/c1-4-10(2)9-18(3)14(20)17-12-8-16-13-11(15)6-5-7-19(12)13/h5-8,10H,4,9H2,1-3H3,(H,17,20)/t10-/m1/s1. The Morgan fingerprint density at radius 1 is 1.60 bits per heavy atom. The molecular formula is C14H19BrN4O. The third-order valence-corrected chi connectivity index (χ3v) is 3.97. The lowest BCUT2D eigenvalue weighted by molar-refractivity contribution is 0.215. The molecule has 0 radical (unpaired) electrons. The first-order valence-electron chi connectivity index (χ1n) is 6.66. The smallest absolute Gasteiger partial charge is 0.322 e. The number of aromatic nitrogens is 2. The van der Waals surface area contributed by atoms with Crippen LogP contribution in [0, 0.1) is 5.92 Å². The number of urea groups is 1. The molecule has 0 aliphatic carbocycles. The van der Waals surface area contributed by atoms with Crippen molar-refractivity contribution in [1.29, 1.82) is 0 Å². The maximum atomic E-state index is 12.2. The average molecular weight is 339 g/mol. The number of carbonyl (C=O) groups is 1. The molecule has 1 atom stereocenters. The van der Waals surface area contributed by atoms with Gasteiger partial charge in [0.25, 0.3) is 0 Å². The molecular weight excluding hydrogens is 320 g/mol. The van der Waals surface area contributed by atoms with Crippen LogP contribution in [0.3, 0.4) is 0 Å². The van der Waals surface area contributed by atoms with Crippen LogP contribution >= 0.6 is 15.9 Å². The van der Waals surface area contributed by atoms with E-state index in [1.54, 1.807) is 18.1 Å². The summed E-state index contributed by atoms with van der Waals surface area (Å²) in [6.45, 7) is 5.00. The van der Waals surface area contributed by atoms with Crippen LogP contribution in [-0.4, -0.2) is 33.9 Å². The summed E-state index contributed by atoms with van der Waals surface area (Å²) in [6, 6.07) is 3.70. The van der Waals surface area contributed by atoms with Crippen molar-refractivity contribution in [3.63, 3.8) is 0 Å². The van der Waals surface area contributed by atoms with Crippen LogP contribution in [0.1, 0.15) is 20.3 Å². The molecule has 2 heterocycles. The molecule has 0 saturated carbocycles. The Balaban J connectivity index is 2.12. The Morgan fingerprint density at radius 3 is 3.05 bits per heavy atom. The third kappa shape index (κ3) is 3.12. The second-order valence-corrected chi connectivity index (χ2v) is 5.87. The van der Waals surface area contributed by atoms with Crippen LogP contribution in [0.25, 0.3) is 5.65 Å². The van der Waals surface area contributed by atoms with E-state index in [4.69, 9.17) is 0 Å². The van der Waals surface area contributed by atoms with Crippen LogP contribution in [0.4, 0.5) is 10.6 Å². The summed E-state index contributed by atoms with van der Waals surface area (Å²) >= 11 is 3.44. The number of hydrogen-bond donors (Lipinski definition) is 1. The van der Waals surface area contributed by atoms with E-state index >= 15 is 0 Å². The van der Waals surface area contributed by atoms with Gasteiger partial charge < -0.3 is 4.90 Å². The van der Waals surface area contributed by atoms with Crippen molar-refractivity contribution in [3.05, 3.63) is 29.0 Å². The molecule has 0 saturated heterocycles. The van der Waals surface area contributed by atoms with E-state index in [1.807, 2.05) is 22.7 Å². The van der Waals surface area contributed by atoms with Gasteiger partial charge in [0.15, 0.2) is 5.65 Å². The number of nitrogens with zero attached hydrogens (tertiary/aromatic N) is 3. The van der Waals surface area contributed by atoms with Gasteiger partial charge in [-0.2, -0.15) is 0 Å². The van der Waals surface area contributed by atoms with E-state index in [0.717, 1.165) is 23.1 Å². The lowest BCUT2D eigenvalue weighted by atomic mass is 10.1. The van der Waals surface area contributed by atoms with E-state index in [9.17, 15) is 4.79 Å². The molecule has 6 heteroatoms. The minimum atomic E-state index is -0.118. The lowest BCUT2D eigenvalue weighted by Gasteiger charge is -2.21. The Bertz CT molecular complexity index is 610. The quantitative estimate of drug-likeness (QED) is 0.925. The number of imidazole rings is 1. The van der Waals surface area contributed by atoms with Gasteiger partial charge in [-0.1, -0.05) is 20.3 Å². The van der Waals surface area contributed by atoms with E-state index in [-0.39, 0.29) is 6.03 Å². The van der Waals surface area contributed by atoms with Gasteiger partial charge in [0.05, 0.1) is 10.7 Å². The van der Waals surface area contributed by atoms with Crippen LogP contribution in [-0.2, 0) is 0 Å². The highest BCUT2D eigenvalue weighted by Gasteiger charge is 2.14. The number of anilines is 1. The summed E-state index contributed by atoms with van der Waals surface area (Å²) in [7, 11) is 1.81. The highest BCUT2D eigenvalue weighted by Crippen LogP contribution is 2.20. The maximum absolute atomic E-state index is 12.2. The normalized spacial score (nSPS) is 12.4. The summed E-state index contributed by atoms with van der Waals surface area (Å²) in [5, 5.41) is 2.89. The molecule has 5 nitrogen and oxygen atoms in total. The number of carbonyl (C=O) groups excluding carboxylic acids is 1. The van der Waals surface area contributed by atoms with E-state index in [0.29, 0.717) is 11.7 Å². The molecule has 2 aromatic rings. The van der Waals surface area contributed by atoms with Crippen molar-refractivity contribution in [2.75, 3.05) is 18.9 Å². The summed E-state index contributed by atoms with van der Waals surface area (Å²) in [4.78, 5) is 18.1. The SMILES string of the molecule is CC[C@@H](C)CN(C)C(=O)Nc1cnc2c(Br)cccn12. The Hall–Kier alpha value is -1.56. The fourth-order valence-electron chi connectivity index (χ4n) is 1.95. The molecule has 2 rings (SSSR count). The average Bonchev–Trinajstić information content (AvgIpc) is 2.83. The topological polar surface area (TPSA) is 49.6 Å². The first-order valence-corrected chi connectivity index (χ1v) is 7.46. The molecule has 0 aromatic carbocycles. The fourth-order valence-corrected chi connectivity index (χ4v) is 2.40. The van der Waals surface area contributed by atoms with Crippen molar-refractivity contribution in [1.82, 2.24) is 14.3 Å². The van der Waals surface area contributed by atoms with Crippen LogP contribution in [0.2, 0.25) is 0 Å². The Morgan fingerprint density at radius 2 is 2.35 bits per heavy atom. The minimum absolute atomic E-state index is 0.118. The highest BCUT2D eigenvalue weighted by atomic mass is 79.9. The monoisotopic (exact) mass is 338 g/mol. The summed E-state index contributed by atoms with van der Waals surface area (Å²) in [5.74, 6) is 1.16. The molecule has 2 amide bonds. The summed E-state index contributed by atoms with van der Waals surface area (Å²) in [5.41, 5.74) is 0.785. The van der Waals surface area contributed by atoms with Crippen molar-refractivity contribution < 1.29 is 4.79 Å². The van der Waals surface area contributed by atoms with Crippen LogP contribution in [0.5, 0.6) is 0 Å². The van der Waals surface area contributed by atoms with Crippen molar-refractivity contribution in [2.24, 2.45) is 5.92 Å². The number of fused-ring (bicyclic) bond motifs is 1. The van der Waals surface area contributed by atoms with Crippen LogP contribution < -0.4 is 5.32 Å². The Kier molecular flexibility index (Phi) is 4.65. The van der Waals surface area contributed by atoms with Gasteiger partial charge in [0.2, 0.25) is 0 Å². The van der Waals surface area contributed by atoms with Crippen LogP contribution in [0.15, 0.2) is 29.0 Å². The molecule has 0 aliphatic heterocycles. The fraction of sp³-hybridized carbons (Fsp3) is 0.429. The first kappa shape index (κ1) is 14.8. The number of halogens is 1. The van der Waals surface area contributed by atoms with Gasteiger partial charge in [0.1, 0.15) is 5.82 Å². The van der Waals surface area contributed by atoms with E-state index in [1.165, 1.54) is 0 Å². The van der Waals surface area contributed by atoms with Gasteiger partial charge in [-0.05, 0) is 34.0 Å². The van der Waals surface area contributed by atoms with Gasteiger partial charge >= 0.3 is 6.03 Å². The molecule has 0 bridgehead atoms. The molecule has 20 heavy (non-hydrogen) atoms. The third-order valence-electron chi connectivity index (χ3n) is 3.35. The molecule has 1 N–H and O–H groups in total. The lowest BCUT2D eigenvalue weighted by Crippen LogP contribution is -2.34.